The number of benzene rings is 1. The van der Waals surface area contributed by atoms with E-state index in [2.05, 4.69) is 5.32 Å². The molecule has 0 atom stereocenters. The predicted molar refractivity (Wildman–Crippen MR) is 99.8 cm³/mol. The summed E-state index contributed by atoms with van der Waals surface area (Å²) in [4.78, 5) is 28.9. The van der Waals surface area contributed by atoms with Gasteiger partial charge in [0.2, 0.25) is 5.91 Å². The molecule has 1 N–H and O–H groups in total. The zero-order chi connectivity index (χ0) is 17.6. The normalized spacial score (nSPS) is 19.4. The third kappa shape index (κ3) is 4.88. The van der Waals surface area contributed by atoms with Crippen LogP contribution in [0, 0.1) is 5.92 Å². The highest BCUT2D eigenvalue weighted by Crippen LogP contribution is 2.26. The lowest BCUT2D eigenvalue weighted by Crippen LogP contribution is -2.41. The van der Waals surface area contributed by atoms with Gasteiger partial charge in [0.1, 0.15) is 0 Å². The van der Waals surface area contributed by atoms with E-state index in [9.17, 15) is 9.59 Å². The van der Waals surface area contributed by atoms with E-state index in [1.807, 2.05) is 4.90 Å². The molecule has 136 valence electrons. The van der Waals surface area contributed by atoms with E-state index in [0.717, 1.165) is 31.5 Å². The van der Waals surface area contributed by atoms with Crippen molar-refractivity contribution in [3.05, 3.63) is 29.3 Å². The van der Waals surface area contributed by atoms with Gasteiger partial charge in [-0.2, -0.15) is 0 Å². The standard InChI is InChI=1S/C19H26ClN3O2/c20-16-7-9-17(10-8-16)21-19(25)23-12-4-11-22(13-14-23)18(24)15-5-2-1-3-6-15/h7-10,15H,1-6,11-14H2,(H,21,25). The van der Waals surface area contributed by atoms with Crippen molar-refractivity contribution in [2.24, 2.45) is 5.92 Å². The predicted octanol–water partition coefficient (Wildman–Crippen LogP) is 3.99. The fraction of sp³-hybridized carbons (Fsp3) is 0.579. The van der Waals surface area contributed by atoms with Crippen molar-refractivity contribution in [1.29, 1.82) is 0 Å². The summed E-state index contributed by atoms with van der Waals surface area (Å²) in [7, 11) is 0. The van der Waals surface area contributed by atoms with Gasteiger partial charge in [0.25, 0.3) is 0 Å². The number of nitrogens with zero attached hydrogens (tertiary/aromatic N) is 2. The Hall–Kier alpha value is -1.75. The fourth-order valence-corrected chi connectivity index (χ4v) is 3.81. The van der Waals surface area contributed by atoms with Crippen molar-refractivity contribution in [3.63, 3.8) is 0 Å². The van der Waals surface area contributed by atoms with Crippen LogP contribution in [0.2, 0.25) is 5.02 Å². The molecule has 1 aliphatic carbocycles. The van der Waals surface area contributed by atoms with Gasteiger partial charge in [-0.15, -0.1) is 0 Å². The molecule has 6 heteroatoms. The maximum Gasteiger partial charge on any atom is 0.321 e. The lowest BCUT2D eigenvalue weighted by molar-refractivity contribution is -0.136. The summed E-state index contributed by atoms with van der Waals surface area (Å²) in [5, 5.41) is 3.54. The first-order valence-electron chi connectivity index (χ1n) is 9.24. The monoisotopic (exact) mass is 363 g/mol. The number of hydrogen-bond acceptors (Lipinski definition) is 2. The van der Waals surface area contributed by atoms with E-state index >= 15 is 0 Å². The van der Waals surface area contributed by atoms with E-state index in [0.29, 0.717) is 30.6 Å². The minimum absolute atomic E-state index is 0.116. The molecule has 0 unspecified atom stereocenters. The third-order valence-corrected chi connectivity index (χ3v) is 5.40. The molecule has 5 nitrogen and oxygen atoms in total. The van der Waals surface area contributed by atoms with Crippen LogP contribution in [0.5, 0.6) is 0 Å². The lowest BCUT2D eigenvalue weighted by atomic mass is 9.88. The number of halogens is 1. The second kappa shape index (κ2) is 8.56. The Morgan fingerprint density at radius 3 is 2.24 bits per heavy atom. The Balaban J connectivity index is 1.52. The van der Waals surface area contributed by atoms with Gasteiger partial charge in [-0.1, -0.05) is 30.9 Å². The minimum Gasteiger partial charge on any atom is -0.341 e. The number of rotatable bonds is 2. The molecule has 2 aliphatic rings. The highest BCUT2D eigenvalue weighted by atomic mass is 35.5. The summed E-state index contributed by atoms with van der Waals surface area (Å²) in [6.07, 6.45) is 6.46. The molecule has 0 radical (unpaired) electrons. The van der Waals surface area contributed by atoms with Crippen LogP contribution in [0.3, 0.4) is 0 Å². The topological polar surface area (TPSA) is 52.7 Å². The molecule has 0 bridgehead atoms. The van der Waals surface area contributed by atoms with Gasteiger partial charge in [0.05, 0.1) is 0 Å². The van der Waals surface area contributed by atoms with E-state index in [1.165, 1.54) is 19.3 Å². The molecule has 1 aromatic rings. The van der Waals surface area contributed by atoms with E-state index in [4.69, 9.17) is 11.6 Å². The second-order valence-corrected chi connectivity index (χ2v) is 7.37. The maximum atomic E-state index is 12.7. The summed E-state index contributed by atoms with van der Waals surface area (Å²) >= 11 is 5.87. The molecule has 3 amide bonds. The first-order chi connectivity index (χ1) is 12.1. The van der Waals surface area contributed by atoms with Crippen LogP contribution in [0.4, 0.5) is 10.5 Å². The molecular formula is C19H26ClN3O2. The average Bonchev–Trinajstić information content (AvgIpc) is 2.90. The molecule has 1 heterocycles. The SMILES string of the molecule is O=C(Nc1ccc(Cl)cc1)N1CCCN(C(=O)C2CCCCC2)CC1. The van der Waals surface area contributed by atoms with Crippen molar-refractivity contribution in [2.75, 3.05) is 31.5 Å². The zero-order valence-corrected chi connectivity index (χ0v) is 15.3. The van der Waals surface area contributed by atoms with Crippen molar-refractivity contribution >= 4 is 29.2 Å². The number of carbonyl (C=O) groups is 2. The number of amides is 3. The first-order valence-corrected chi connectivity index (χ1v) is 9.61. The fourth-order valence-electron chi connectivity index (χ4n) is 3.68. The van der Waals surface area contributed by atoms with Crippen molar-refractivity contribution in [2.45, 2.75) is 38.5 Å². The average molecular weight is 364 g/mol. The van der Waals surface area contributed by atoms with Crippen molar-refractivity contribution in [1.82, 2.24) is 9.80 Å². The quantitative estimate of drug-likeness (QED) is 0.863. The van der Waals surface area contributed by atoms with Gasteiger partial charge in [0, 0.05) is 42.8 Å². The van der Waals surface area contributed by atoms with Crippen LogP contribution >= 0.6 is 11.6 Å². The molecule has 25 heavy (non-hydrogen) atoms. The first kappa shape index (κ1) is 18.1. The summed E-state index contributed by atoms with van der Waals surface area (Å²) in [5.74, 6) is 0.489. The molecule has 1 saturated carbocycles. The second-order valence-electron chi connectivity index (χ2n) is 6.94. The van der Waals surface area contributed by atoms with Gasteiger partial charge in [-0.3, -0.25) is 4.79 Å². The Kier molecular flexibility index (Phi) is 6.19. The van der Waals surface area contributed by atoms with Gasteiger partial charge in [0.15, 0.2) is 0 Å². The van der Waals surface area contributed by atoms with Gasteiger partial charge < -0.3 is 15.1 Å². The molecular weight excluding hydrogens is 338 g/mol. The number of hydrogen-bond donors (Lipinski definition) is 1. The molecule has 0 spiro atoms. The Bertz CT molecular complexity index is 599. The van der Waals surface area contributed by atoms with E-state index in [1.54, 1.807) is 29.2 Å². The summed E-state index contributed by atoms with van der Waals surface area (Å²) in [6, 6.07) is 6.97. The van der Waals surface area contributed by atoms with Crippen molar-refractivity contribution < 1.29 is 9.59 Å². The Morgan fingerprint density at radius 2 is 1.52 bits per heavy atom. The van der Waals surface area contributed by atoms with Crippen LogP contribution in [0.25, 0.3) is 0 Å². The summed E-state index contributed by atoms with van der Waals surface area (Å²) in [6.45, 7) is 2.63. The van der Waals surface area contributed by atoms with E-state index in [-0.39, 0.29) is 11.9 Å². The minimum atomic E-state index is -0.116. The van der Waals surface area contributed by atoms with Gasteiger partial charge >= 0.3 is 6.03 Å². The maximum absolute atomic E-state index is 12.7. The Morgan fingerprint density at radius 1 is 0.880 bits per heavy atom. The van der Waals surface area contributed by atoms with Crippen LogP contribution in [0.1, 0.15) is 38.5 Å². The van der Waals surface area contributed by atoms with Crippen LogP contribution in [-0.4, -0.2) is 47.9 Å². The largest absolute Gasteiger partial charge is 0.341 e. The van der Waals surface area contributed by atoms with Crippen LogP contribution in [0.15, 0.2) is 24.3 Å². The molecule has 2 fully saturated rings. The smallest absolute Gasteiger partial charge is 0.321 e. The number of nitrogens with one attached hydrogen (secondary N) is 1. The van der Waals surface area contributed by atoms with Crippen LogP contribution < -0.4 is 5.32 Å². The summed E-state index contributed by atoms with van der Waals surface area (Å²) in [5.41, 5.74) is 0.730. The highest BCUT2D eigenvalue weighted by Gasteiger charge is 2.28. The number of carbonyl (C=O) groups excluding carboxylic acids is 2. The zero-order valence-electron chi connectivity index (χ0n) is 14.5. The van der Waals surface area contributed by atoms with E-state index < -0.39 is 0 Å². The highest BCUT2D eigenvalue weighted by molar-refractivity contribution is 6.30. The number of anilines is 1. The molecule has 3 rings (SSSR count). The molecule has 0 aromatic heterocycles. The molecule has 1 saturated heterocycles. The van der Waals surface area contributed by atoms with Crippen LogP contribution in [-0.2, 0) is 4.79 Å². The molecule has 1 aliphatic heterocycles. The van der Waals surface area contributed by atoms with Gasteiger partial charge in [-0.05, 0) is 43.5 Å². The number of urea groups is 1. The van der Waals surface area contributed by atoms with Crippen molar-refractivity contribution in [3.8, 4) is 0 Å². The molecule has 1 aromatic carbocycles. The third-order valence-electron chi connectivity index (χ3n) is 5.14. The summed E-state index contributed by atoms with van der Waals surface area (Å²) < 4.78 is 0. The van der Waals surface area contributed by atoms with Gasteiger partial charge in [-0.25, -0.2) is 4.79 Å². The Labute approximate surface area is 154 Å². The lowest BCUT2D eigenvalue weighted by Gasteiger charge is -2.28.